The molecule has 0 atom stereocenters. The van der Waals surface area contributed by atoms with Gasteiger partial charge in [0.05, 0.1) is 33.4 Å². The highest BCUT2D eigenvalue weighted by atomic mass is 16.5. The summed E-state index contributed by atoms with van der Waals surface area (Å²) < 4.78 is 26.9. The number of rotatable bonds is 8. The molecule has 0 bridgehead atoms. The summed E-state index contributed by atoms with van der Waals surface area (Å²) in [6.07, 6.45) is -0.0469. The molecule has 1 aromatic heterocycles. The molecule has 3 aromatic carbocycles. The average Bonchev–Trinajstić information content (AvgIpc) is 3.19. The number of ether oxygens (including phenoxy) is 4. The number of nitrogens with one attached hydrogen (secondary N) is 1. The van der Waals surface area contributed by atoms with Crippen LogP contribution >= 0.6 is 0 Å². The van der Waals surface area contributed by atoms with E-state index in [2.05, 4.69) is 5.32 Å². The van der Waals surface area contributed by atoms with Gasteiger partial charge in [-0.2, -0.15) is 0 Å². The van der Waals surface area contributed by atoms with Gasteiger partial charge in [0, 0.05) is 28.5 Å². The monoisotopic (exact) mass is 449 g/mol. The zero-order valence-electron chi connectivity index (χ0n) is 18.5. The van der Waals surface area contributed by atoms with Gasteiger partial charge in [0.1, 0.15) is 28.4 Å². The van der Waals surface area contributed by atoms with Crippen LogP contribution in [-0.2, 0) is 20.7 Å². The Hall–Kier alpha value is -4.20. The van der Waals surface area contributed by atoms with E-state index in [1.165, 1.54) is 14.2 Å². The van der Waals surface area contributed by atoms with Gasteiger partial charge < -0.3 is 28.7 Å². The molecule has 0 fully saturated rings. The minimum Gasteiger partial charge on any atom is -0.497 e. The second-order valence-electron chi connectivity index (χ2n) is 7.21. The summed E-state index contributed by atoms with van der Waals surface area (Å²) in [6, 6.07) is 16.2. The van der Waals surface area contributed by atoms with E-state index in [0.29, 0.717) is 34.1 Å². The predicted octanol–water partition coefficient (Wildman–Crippen LogP) is 4.34. The second kappa shape index (κ2) is 9.52. The molecular formula is C25H23NO7. The van der Waals surface area contributed by atoms with E-state index in [1.807, 2.05) is 24.3 Å². The molecule has 0 radical (unpaired) electrons. The Bertz CT molecular complexity index is 1330. The van der Waals surface area contributed by atoms with E-state index in [0.717, 1.165) is 16.4 Å². The summed E-state index contributed by atoms with van der Waals surface area (Å²) in [6.45, 7) is -0.446. The number of esters is 1. The van der Waals surface area contributed by atoms with Crippen molar-refractivity contribution in [2.75, 3.05) is 33.3 Å². The number of anilines is 1. The summed E-state index contributed by atoms with van der Waals surface area (Å²) in [5.74, 6) is 0.516. The highest BCUT2D eigenvalue weighted by molar-refractivity contribution is 6.07. The number of methoxy groups -OCH3 is 3. The molecule has 1 amide bonds. The summed E-state index contributed by atoms with van der Waals surface area (Å²) in [4.78, 5) is 24.7. The molecule has 0 spiro atoms. The first-order valence-electron chi connectivity index (χ1n) is 10.2. The third-order valence-corrected chi connectivity index (χ3v) is 5.17. The van der Waals surface area contributed by atoms with Gasteiger partial charge in [0.25, 0.3) is 5.91 Å². The topological polar surface area (TPSA) is 96.2 Å². The molecule has 0 aliphatic heterocycles. The van der Waals surface area contributed by atoms with E-state index in [1.54, 1.807) is 37.4 Å². The fourth-order valence-corrected chi connectivity index (χ4v) is 3.55. The number of amides is 1. The quantitative estimate of drug-likeness (QED) is 0.400. The van der Waals surface area contributed by atoms with E-state index in [9.17, 15) is 9.59 Å². The third kappa shape index (κ3) is 4.69. The Kier molecular flexibility index (Phi) is 6.35. The molecule has 8 nitrogen and oxygen atoms in total. The zero-order valence-corrected chi connectivity index (χ0v) is 18.5. The van der Waals surface area contributed by atoms with Gasteiger partial charge in [-0.3, -0.25) is 9.59 Å². The first-order valence-corrected chi connectivity index (χ1v) is 10.2. The first-order chi connectivity index (χ1) is 16.0. The molecule has 0 unspecified atom stereocenters. The van der Waals surface area contributed by atoms with Crippen molar-refractivity contribution in [3.05, 3.63) is 60.2 Å². The summed E-state index contributed by atoms with van der Waals surface area (Å²) in [7, 11) is 4.56. The number of carbonyl (C=O) groups is 2. The van der Waals surface area contributed by atoms with Gasteiger partial charge in [0.2, 0.25) is 0 Å². The number of fused-ring (bicyclic) bond motifs is 3. The van der Waals surface area contributed by atoms with Crippen molar-refractivity contribution >= 4 is 39.5 Å². The number of carbonyl (C=O) groups excluding carboxylic acids is 2. The lowest BCUT2D eigenvalue weighted by Crippen LogP contribution is -2.22. The molecule has 170 valence electrons. The summed E-state index contributed by atoms with van der Waals surface area (Å²) >= 11 is 0. The third-order valence-electron chi connectivity index (χ3n) is 5.17. The molecule has 0 saturated carbocycles. The number of benzene rings is 3. The SMILES string of the molecule is COc1ccc(CC(=O)OCC(=O)Nc2cc3oc4ccccc4c3cc2OC)c(OC)c1. The van der Waals surface area contributed by atoms with Crippen LogP contribution in [0.1, 0.15) is 5.56 Å². The minimum absolute atomic E-state index is 0.0469. The van der Waals surface area contributed by atoms with Crippen LogP contribution in [0.25, 0.3) is 21.9 Å². The van der Waals surface area contributed by atoms with Crippen LogP contribution in [0.2, 0.25) is 0 Å². The Morgan fingerprint density at radius 1 is 0.848 bits per heavy atom. The lowest BCUT2D eigenvalue weighted by molar-refractivity contribution is -0.146. The van der Waals surface area contributed by atoms with Crippen LogP contribution in [0.3, 0.4) is 0 Å². The van der Waals surface area contributed by atoms with Gasteiger partial charge >= 0.3 is 5.97 Å². The van der Waals surface area contributed by atoms with E-state index in [-0.39, 0.29) is 6.42 Å². The molecule has 0 aliphatic carbocycles. The van der Waals surface area contributed by atoms with E-state index >= 15 is 0 Å². The van der Waals surface area contributed by atoms with Gasteiger partial charge in [-0.1, -0.05) is 24.3 Å². The Balaban J connectivity index is 1.42. The van der Waals surface area contributed by atoms with Gasteiger partial charge in [-0.15, -0.1) is 0 Å². The lowest BCUT2D eigenvalue weighted by atomic mass is 10.1. The summed E-state index contributed by atoms with van der Waals surface area (Å²) in [5, 5.41) is 4.54. The molecule has 8 heteroatoms. The number of hydrogen-bond acceptors (Lipinski definition) is 7. The molecule has 0 aliphatic rings. The Labute approximate surface area is 190 Å². The molecule has 0 saturated heterocycles. The smallest absolute Gasteiger partial charge is 0.310 e. The molecule has 4 aromatic rings. The number of para-hydroxylation sites is 1. The van der Waals surface area contributed by atoms with Crippen molar-refractivity contribution in [1.82, 2.24) is 0 Å². The van der Waals surface area contributed by atoms with Gasteiger partial charge in [0.15, 0.2) is 6.61 Å². The van der Waals surface area contributed by atoms with Crippen molar-refractivity contribution in [3.63, 3.8) is 0 Å². The van der Waals surface area contributed by atoms with Crippen LogP contribution in [-0.4, -0.2) is 39.8 Å². The van der Waals surface area contributed by atoms with Crippen molar-refractivity contribution in [1.29, 1.82) is 0 Å². The number of furan rings is 1. The second-order valence-corrected chi connectivity index (χ2v) is 7.21. The first kappa shape index (κ1) is 22.0. The van der Waals surface area contributed by atoms with Crippen LogP contribution in [0.15, 0.2) is 59.0 Å². The van der Waals surface area contributed by atoms with Crippen LogP contribution in [0.4, 0.5) is 5.69 Å². The van der Waals surface area contributed by atoms with E-state index < -0.39 is 18.5 Å². The van der Waals surface area contributed by atoms with Gasteiger partial charge in [-0.05, 0) is 18.2 Å². The van der Waals surface area contributed by atoms with Crippen LogP contribution in [0.5, 0.6) is 17.2 Å². The highest BCUT2D eigenvalue weighted by Gasteiger charge is 2.16. The maximum Gasteiger partial charge on any atom is 0.310 e. The normalized spacial score (nSPS) is 10.8. The van der Waals surface area contributed by atoms with Crippen LogP contribution < -0.4 is 19.5 Å². The fraction of sp³-hybridized carbons (Fsp3) is 0.200. The van der Waals surface area contributed by atoms with Crippen molar-refractivity contribution in [2.45, 2.75) is 6.42 Å². The fourth-order valence-electron chi connectivity index (χ4n) is 3.55. The van der Waals surface area contributed by atoms with Crippen molar-refractivity contribution in [3.8, 4) is 17.2 Å². The Morgan fingerprint density at radius 2 is 1.64 bits per heavy atom. The van der Waals surface area contributed by atoms with Crippen molar-refractivity contribution < 1.29 is 33.0 Å². The molecule has 33 heavy (non-hydrogen) atoms. The lowest BCUT2D eigenvalue weighted by Gasteiger charge is -2.12. The molecule has 4 rings (SSSR count). The standard InChI is InChI=1S/C25H23NO7/c1-29-16-9-8-15(21(11-16)30-2)10-25(28)32-14-24(27)26-19-13-22-18(12-23(19)31-3)17-6-4-5-7-20(17)33-22/h4-9,11-13H,10,14H2,1-3H3,(H,26,27). The number of hydrogen-bond donors (Lipinski definition) is 1. The zero-order chi connectivity index (χ0) is 23.4. The molecule has 1 heterocycles. The van der Waals surface area contributed by atoms with Crippen LogP contribution in [0, 0.1) is 0 Å². The largest absolute Gasteiger partial charge is 0.497 e. The maximum atomic E-state index is 12.4. The molecule has 1 N–H and O–H groups in total. The van der Waals surface area contributed by atoms with Crippen molar-refractivity contribution in [2.24, 2.45) is 0 Å². The average molecular weight is 449 g/mol. The Morgan fingerprint density at radius 3 is 2.39 bits per heavy atom. The summed E-state index contributed by atoms with van der Waals surface area (Å²) in [5.41, 5.74) is 2.39. The molecular weight excluding hydrogens is 426 g/mol. The maximum absolute atomic E-state index is 12.4. The van der Waals surface area contributed by atoms with Gasteiger partial charge in [-0.25, -0.2) is 0 Å². The van der Waals surface area contributed by atoms with E-state index in [4.69, 9.17) is 23.4 Å². The predicted molar refractivity (Wildman–Crippen MR) is 123 cm³/mol. The minimum atomic E-state index is -0.562. The highest BCUT2D eigenvalue weighted by Crippen LogP contribution is 2.36.